The first-order valence-corrected chi connectivity index (χ1v) is 18.7. The van der Waals surface area contributed by atoms with Crippen LogP contribution in [-0.2, 0) is 30.1 Å². The molecule has 0 amide bonds. The number of benzene rings is 4. The third-order valence-electron chi connectivity index (χ3n) is 8.06. The first-order valence-electron chi connectivity index (χ1n) is 15.4. The molecule has 0 unspecified atom stereocenters. The maximum Gasteiger partial charge on any atom is 0.297 e. The van der Waals surface area contributed by atoms with Gasteiger partial charge in [-0.25, -0.2) is 0 Å². The number of hydrogen-bond acceptors (Lipinski definition) is 5. The second kappa shape index (κ2) is 15.3. The fraction of sp³-hybridized carbons (Fsp3) is 0.351. The molecule has 0 aliphatic heterocycles. The SMILES string of the molecule is Cc1ccc(S(=O)(=O)O[C@H](CCCOCc2ccccc2)[C@H](C)CO[Si](c2ccccc2)(c2ccccc2)C(C)(C)C)cc1. The Morgan fingerprint density at radius 1 is 0.750 bits per heavy atom. The number of hydrogen-bond donors (Lipinski definition) is 0. The van der Waals surface area contributed by atoms with Crippen LogP contribution in [0.3, 0.4) is 0 Å². The monoisotopic (exact) mass is 630 g/mol. The number of aryl methyl sites for hydroxylation is 1. The molecule has 0 saturated carbocycles. The molecule has 0 bridgehead atoms. The van der Waals surface area contributed by atoms with Crippen molar-refractivity contribution in [2.75, 3.05) is 13.2 Å². The van der Waals surface area contributed by atoms with Crippen LogP contribution in [-0.4, -0.2) is 36.1 Å². The van der Waals surface area contributed by atoms with Gasteiger partial charge in [-0.2, -0.15) is 8.42 Å². The lowest BCUT2D eigenvalue weighted by atomic mass is 10.0. The van der Waals surface area contributed by atoms with Crippen LogP contribution in [0.4, 0.5) is 0 Å². The number of ether oxygens (including phenoxy) is 1. The van der Waals surface area contributed by atoms with Crippen LogP contribution in [0, 0.1) is 12.8 Å². The van der Waals surface area contributed by atoms with Crippen molar-refractivity contribution in [3.8, 4) is 0 Å². The smallest absolute Gasteiger partial charge is 0.297 e. The van der Waals surface area contributed by atoms with Gasteiger partial charge in [0.1, 0.15) is 0 Å². The van der Waals surface area contributed by atoms with E-state index in [-0.39, 0.29) is 15.9 Å². The second-order valence-electron chi connectivity index (χ2n) is 12.5. The first kappa shape index (κ1) is 33.8. The molecule has 4 aromatic carbocycles. The van der Waals surface area contributed by atoms with Gasteiger partial charge in [-0.15, -0.1) is 0 Å². The van der Waals surface area contributed by atoms with Gasteiger partial charge in [0, 0.05) is 19.1 Å². The molecule has 4 aromatic rings. The molecule has 0 N–H and O–H groups in total. The third kappa shape index (κ3) is 8.55. The van der Waals surface area contributed by atoms with Crippen molar-refractivity contribution in [1.29, 1.82) is 0 Å². The van der Waals surface area contributed by atoms with Gasteiger partial charge in [-0.1, -0.05) is 136 Å². The molecular weight excluding hydrogens is 585 g/mol. The molecule has 0 heterocycles. The zero-order valence-corrected chi connectivity index (χ0v) is 28.4. The van der Waals surface area contributed by atoms with Crippen molar-refractivity contribution in [3.05, 3.63) is 126 Å². The Bertz CT molecular complexity index is 1480. The highest BCUT2D eigenvalue weighted by Gasteiger charge is 2.50. The molecule has 44 heavy (non-hydrogen) atoms. The quantitative estimate of drug-likeness (QED) is 0.0785. The summed E-state index contributed by atoms with van der Waals surface area (Å²) in [5.41, 5.74) is 2.09. The van der Waals surface area contributed by atoms with E-state index in [4.69, 9.17) is 13.3 Å². The van der Waals surface area contributed by atoms with Crippen molar-refractivity contribution in [1.82, 2.24) is 0 Å². The molecule has 0 aromatic heterocycles. The van der Waals surface area contributed by atoms with E-state index in [1.54, 1.807) is 24.3 Å². The van der Waals surface area contributed by atoms with E-state index in [0.717, 1.165) is 11.1 Å². The minimum Gasteiger partial charge on any atom is -0.407 e. The average Bonchev–Trinajstić information content (AvgIpc) is 3.01. The van der Waals surface area contributed by atoms with Crippen LogP contribution in [0.1, 0.15) is 51.7 Å². The lowest BCUT2D eigenvalue weighted by Crippen LogP contribution is -2.67. The fourth-order valence-corrected chi connectivity index (χ4v) is 11.5. The lowest BCUT2D eigenvalue weighted by Gasteiger charge is -2.44. The van der Waals surface area contributed by atoms with Gasteiger partial charge in [0.05, 0.1) is 17.6 Å². The zero-order valence-electron chi connectivity index (χ0n) is 26.6. The Morgan fingerprint density at radius 2 is 1.27 bits per heavy atom. The highest BCUT2D eigenvalue weighted by molar-refractivity contribution is 7.86. The average molecular weight is 631 g/mol. The summed E-state index contributed by atoms with van der Waals surface area (Å²) in [7, 11) is -6.78. The molecule has 0 aliphatic carbocycles. The molecule has 7 heteroatoms. The van der Waals surface area contributed by atoms with Crippen LogP contribution < -0.4 is 10.4 Å². The molecular formula is C37H46O5SSi. The van der Waals surface area contributed by atoms with Gasteiger partial charge in [0.2, 0.25) is 0 Å². The van der Waals surface area contributed by atoms with E-state index in [1.165, 1.54) is 10.4 Å². The molecule has 0 aliphatic rings. The third-order valence-corrected chi connectivity index (χ3v) is 14.4. The van der Waals surface area contributed by atoms with Crippen LogP contribution in [0.25, 0.3) is 0 Å². The van der Waals surface area contributed by atoms with Crippen molar-refractivity contribution < 1.29 is 21.8 Å². The summed E-state index contributed by atoms with van der Waals surface area (Å²) in [5.74, 6) is -0.203. The van der Waals surface area contributed by atoms with Crippen LogP contribution >= 0.6 is 0 Å². The first-order chi connectivity index (χ1) is 21.0. The summed E-state index contributed by atoms with van der Waals surface area (Å²) in [4.78, 5) is 0.161. The fourth-order valence-electron chi connectivity index (χ4n) is 5.63. The summed E-state index contributed by atoms with van der Waals surface area (Å²) < 4.78 is 46.0. The molecule has 4 rings (SSSR count). The van der Waals surface area contributed by atoms with E-state index < -0.39 is 24.5 Å². The highest BCUT2D eigenvalue weighted by atomic mass is 32.2. The summed E-state index contributed by atoms with van der Waals surface area (Å²) in [5, 5.41) is 2.18. The van der Waals surface area contributed by atoms with Crippen LogP contribution in [0.5, 0.6) is 0 Å². The summed E-state index contributed by atoms with van der Waals surface area (Å²) >= 11 is 0. The Balaban J connectivity index is 1.56. The van der Waals surface area contributed by atoms with Crippen molar-refractivity contribution in [2.24, 2.45) is 5.92 Å². The maximum absolute atomic E-state index is 13.4. The molecule has 0 spiro atoms. The molecule has 234 valence electrons. The minimum atomic E-state index is -3.98. The topological polar surface area (TPSA) is 61.8 Å². The Morgan fingerprint density at radius 3 is 1.80 bits per heavy atom. The van der Waals surface area contributed by atoms with E-state index >= 15 is 0 Å². The molecule has 2 atom stereocenters. The van der Waals surface area contributed by atoms with E-state index in [9.17, 15) is 8.42 Å². The van der Waals surface area contributed by atoms with Crippen molar-refractivity contribution >= 4 is 28.8 Å². The van der Waals surface area contributed by atoms with Gasteiger partial charge in [0.25, 0.3) is 18.4 Å². The summed E-state index contributed by atoms with van der Waals surface area (Å²) in [6.07, 6.45) is 0.593. The van der Waals surface area contributed by atoms with Gasteiger partial charge in [-0.3, -0.25) is 4.18 Å². The predicted molar refractivity (Wildman–Crippen MR) is 181 cm³/mol. The Labute approximate surface area is 265 Å². The summed E-state index contributed by atoms with van der Waals surface area (Å²) in [6.45, 7) is 12.0. The highest BCUT2D eigenvalue weighted by Crippen LogP contribution is 2.37. The molecule has 0 radical (unpaired) electrons. The van der Waals surface area contributed by atoms with Gasteiger partial charge >= 0.3 is 0 Å². The molecule has 0 saturated heterocycles. The van der Waals surface area contributed by atoms with Crippen molar-refractivity contribution in [2.45, 2.75) is 70.1 Å². The van der Waals surface area contributed by atoms with Crippen molar-refractivity contribution in [3.63, 3.8) is 0 Å². The molecule has 0 fully saturated rings. The second-order valence-corrected chi connectivity index (χ2v) is 18.4. The van der Waals surface area contributed by atoms with Crippen LogP contribution in [0.2, 0.25) is 5.04 Å². The normalized spacial score (nSPS) is 13.8. The largest absolute Gasteiger partial charge is 0.407 e. The van der Waals surface area contributed by atoms with E-state index in [0.29, 0.717) is 32.7 Å². The Kier molecular flexibility index (Phi) is 11.7. The summed E-state index contributed by atoms with van der Waals surface area (Å²) in [6, 6.07) is 37.8. The van der Waals surface area contributed by atoms with Crippen LogP contribution in [0.15, 0.2) is 120 Å². The molecule has 5 nitrogen and oxygen atoms in total. The standard InChI is InChI=1S/C37H46O5SSi/c1-30-23-25-33(26-24-30)43(38,39)42-36(22-15-27-40-29-32-16-9-6-10-17-32)31(2)28-41-44(37(3,4)5,34-18-11-7-12-19-34)35-20-13-8-14-21-35/h6-14,16-21,23-26,31,36H,15,22,27-29H2,1-5H3/t31-,36-/m1/s1. The number of rotatable bonds is 15. The lowest BCUT2D eigenvalue weighted by molar-refractivity contribution is 0.0750. The Hall–Kier alpha value is -3.07. The van der Waals surface area contributed by atoms with Gasteiger partial charge < -0.3 is 9.16 Å². The van der Waals surface area contributed by atoms with Gasteiger partial charge in [0.15, 0.2) is 0 Å². The minimum absolute atomic E-state index is 0.161. The van der Waals surface area contributed by atoms with E-state index in [1.807, 2.05) is 56.3 Å². The predicted octanol–water partition coefficient (Wildman–Crippen LogP) is 7.28. The zero-order chi connectivity index (χ0) is 31.6. The van der Waals surface area contributed by atoms with Gasteiger partial charge in [-0.05, 0) is 52.9 Å². The van der Waals surface area contributed by atoms with E-state index in [2.05, 4.69) is 69.3 Å². The maximum atomic E-state index is 13.4.